The Morgan fingerprint density at radius 1 is 0.524 bits per heavy atom. The molecule has 0 saturated carbocycles. The molecule has 7 heteroatoms. The lowest BCUT2D eigenvalue weighted by molar-refractivity contribution is -0.328. The third-order valence-electron chi connectivity index (χ3n) is 7.26. The van der Waals surface area contributed by atoms with Gasteiger partial charge in [0.05, 0.1) is 33.0 Å². The lowest BCUT2D eigenvalue weighted by Crippen LogP contribution is -2.63. The van der Waals surface area contributed by atoms with Gasteiger partial charge in [-0.3, -0.25) is 0 Å². The first-order chi connectivity index (χ1) is 20.7. The molecule has 4 aromatic rings. The predicted molar refractivity (Wildman–Crippen MR) is 158 cm³/mol. The van der Waals surface area contributed by atoms with Gasteiger partial charge in [-0.25, -0.2) is 0 Å². The van der Waals surface area contributed by atoms with Crippen molar-refractivity contribution in [3.63, 3.8) is 0 Å². The van der Waals surface area contributed by atoms with E-state index in [0.717, 1.165) is 22.3 Å². The molecule has 4 aromatic carbocycles. The first-order valence-electron chi connectivity index (χ1n) is 14.3. The minimum atomic E-state index is -1.34. The Bertz CT molecular complexity index is 1290. The fourth-order valence-electron chi connectivity index (χ4n) is 5.04. The van der Waals surface area contributed by atoms with Crippen LogP contribution in [0, 0.1) is 0 Å². The van der Waals surface area contributed by atoms with Crippen molar-refractivity contribution in [1.82, 2.24) is 0 Å². The third kappa shape index (κ3) is 8.33. The van der Waals surface area contributed by atoms with Crippen LogP contribution in [0.25, 0.3) is 0 Å². The number of rotatable bonds is 14. The summed E-state index contributed by atoms with van der Waals surface area (Å²) >= 11 is 0. The van der Waals surface area contributed by atoms with Gasteiger partial charge in [-0.2, -0.15) is 0 Å². The molecule has 6 atom stereocenters. The monoisotopic (exact) mass is 570 g/mol. The third-order valence-corrected chi connectivity index (χ3v) is 7.26. The van der Waals surface area contributed by atoms with E-state index in [2.05, 4.69) is 0 Å². The number of aliphatic hydroxyl groups excluding tert-OH is 2. The van der Waals surface area contributed by atoms with Gasteiger partial charge in [-0.1, -0.05) is 121 Å². The zero-order chi connectivity index (χ0) is 29.0. The molecule has 7 nitrogen and oxygen atoms in total. The maximum absolute atomic E-state index is 11.3. The maximum atomic E-state index is 11.3. The van der Waals surface area contributed by atoms with E-state index < -0.39 is 36.8 Å². The summed E-state index contributed by atoms with van der Waals surface area (Å²) in [7, 11) is 0. The van der Waals surface area contributed by atoms with Crippen molar-refractivity contribution in [3.05, 3.63) is 144 Å². The van der Waals surface area contributed by atoms with Crippen molar-refractivity contribution < 1.29 is 33.9 Å². The van der Waals surface area contributed by atoms with Crippen molar-refractivity contribution in [2.75, 3.05) is 6.61 Å². The van der Waals surface area contributed by atoms with Crippen LogP contribution >= 0.6 is 0 Å². The molecule has 1 heterocycles. The van der Waals surface area contributed by atoms with Gasteiger partial charge in [0.2, 0.25) is 0 Å². The highest BCUT2D eigenvalue weighted by Gasteiger charge is 2.50. The van der Waals surface area contributed by atoms with Crippen LogP contribution < -0.4 is 0 Å². The summed E-state index contributed by atoms with van der Waals surface area (Å²) in [6.07, 6.45) is -5.30. The average molecular weight is 571 g/mol. The second-order valence-electron chi connectivity index (χ2n) is 10.3. The molecule has 1 aliphatic rings. The lowest BCUT2D eigenvalue weighted by Gasteiger charge is -2.46. The first-order valence-corrected chi connectivity index (χ1v) is 14.3. The van der Waals surface area contributed by atoms with E-state index in [-0.39, 0.29) is 33.0 Å². The van der Waals surface area contributed by atoms with Crippen molar-refractivity contribution >= 4 is 0 Å². The molecule has 0 aromatic heterocycles. The minimum Gasteiger partial charge on any atom is -0.394 e. The standard InChI is InChI=1S/C35H38O7/c36-21-30(38-22-26-13-5-1-6-14-26)31-32(39-23-27-15-7-2-8-16-27)33(40-24-28-17-9-3-10-18-28)34(35(37)42-31)41-25-29-19-11-4-12-20-29/h1-20,30-37H,21-25H2/t30-,31?,32-,33?,34?,35-/m1/s1. The summed E-state index contributed by atoms with van der Waals surface area (Å²) in [6.45, 7) is 0.722. The highest BCUT2D eigenvalue weighted by Crippen LogP contribution is 2.32. The zero-order valence-corrected chi connectivity index (χ0v) is 23.5. The van der Waals surface area contributed by atoms with Gasteiger partial charge in [0.25, 0.3) is 0 Å². The van der Waals surface area contributed by atoms with Gasteiger partial charge in [-0.05, 0) is 22.3 Å². The largest absolute Gasteiger partial charge is 0.394 e. The SMILES string of the molecule is OC[C@@H](OCc1ccccc1)C1O[C@@H](O)C(OCc2ccccc2)C(OCc2ccccc2)[C@@H]1OCc1ccccc1. The molecule has 0 spiro atoms. The first kappa shape index (κ1) is 30.1. The van der Waals surface area contributed by atoms with E-state index >= 15 is 0 Å². The van der Waals surface area contributed by atoms with Gasteiger partial charge in [0.1, 0.15) is 30.5 Å². The number of aliphatic hydroxyl groups is 2. The lowest BCUT2D eigenvalue weighted by atomic mass is 9.94. The molecule has 42 heavy (non-hydrogen) atoms. The number of ether oxygens (including phenoxy) is 5. The highest BCUT2D eigenvalue weighted by atomic mass is 16.7. The molecular formula is C35H38O7. The van der Waals surface area contributed by atoms with Crippen LogP contribution in [0.4, 0.5) is 0 Å². The van der Waals surface area contributed by atoms with Gasteiger partial charge in [-0.15, -0.1) is 0 Å². The molecule has 0 radical (unpaired) electrons. The second kappa shape index (κ2) is 15.7. The van der Waals surface area contributed by atoms with E-state index in [1.54, 1.807) is 0 Å². The van der Waals surface area contributed by atoms with Crippen LogP contribution in [0.5, 0.6) is 0 Å². The van der Waals surface area contributed by atoms with Crippen LogP contribution in [-0.2, 0) is 50.1 Å². The summed E-state index contributed by atoms with van der Waals surface area (Å²) in [4.78, 5) is 0. The van der Waals surface area contributed by atoms with Crippen LogP contribution in [-0.4, -0.2) is 53.6 Å². The summed E-state index contributed by atoms with van der Waals surface area (Å²) in [6, 6.07) is 39.1. The Balaban J connectivity index is 1.41. The van der Waals surface area contributed by atoms with Crippen molar-refractivity contribution in [2.24, 2.45) is 0 Å². The highest BCUT2D eigenvalue weighted by molar-refractivity contribution is 5.16. The van der Waals surface area contributed by atoms with E-state index in [0.29, 0.717) is 0 Å². The van der Waals surface area contributed by atoms with Crippen LogP contribution in [0.3, 0.4) is 0 Å². The molecular weight excluding hydrogens is 532 g/mol. The molecule has 220 valence electrons. The Morgan fingerprint density at radius 2 is 0.905 bits per heavy atom. The summed E-state index contributed by atoms with van der Waals surface area (Å²) < 4.78 is 31.6. The van der Waals surface area contributed by atoms with E-state index in [9.17, 15) is 10.2 Å². The molecule has 3 unspecified atom stereocenters. The zero-order valence-electron chi connectivity index (χ0n) is 23.5. The Labute approximate surface area is 247 Å². The molecule has 1 fully saturated rings. The minimum absolute atomic E-state index is 0.251. The fraction of sp³-hybridized carbons (Fsp3) is 0.314. The predicted octanol–water partition coefficient (Wildman–Crippen LogP) is 5.04. The van der Waals surface area contributed by atoms with Crippen LogP contribution in [0.15, 0.2) is 121 Å². The van der Waals surface area contributed by atoms with Gasteiger partial charge < -0.3 is 33.9 Å². The Kier molecular flexibility index (Phi) is 11.3. The van der Waals surface area contributed by atoms with Gasteiger partial charge in [0, 0.05) is 0 Å². The summed E-state index contributed by atoms with van der Waals surface area (Å²) in [5.74, 6) is 0. The van der Waals surface area contributed by atoms with E-state index in [1.807, 2.05) is 121 Å². The Hall–Kier alpha value is -3.40. The van der Waals surface area contributed by atoms with Crippen LogP contribution in [0.1, 0.15) is 22.3 Å². The summed E-state index contributed by atoms with van der Waals surface area (Å²) in [5, 5.41) is 21.7. The normalized spacial score (nSPS) is 23.0. The number of hydrogen-bond acceptors (Lipinski definition) is 7. The molecule has 1 saturated heterocycles. The maximum Gasteiger partial charge on any atom is 0.184 e. The fourth-order valence-corrected chi connectivity index (χ4v) is 5.04. The second-order valence-corrected chi connectivity index (χ2v) is 10.3. The topological polar surface area (TPSA) is 86.6 Å². The van der Waals surface area contributed by atoms with Gasteiger partial charge >= 0.3 is 0 Å². The number of benzene rings is 4. The van der Waals surface area contributed by atoms with Crippen molar-refractivity contribution in [2.45, 2.75) is 63.2 Å². The molecule has 5 rings (SSSR count). The van der Waals surface area contributed by atoms with Crippen molar-refractivity contribution in [1.29, 1.82) is 0 Å². The average Bonchev–Trinajstić information content (AvgIpc) is 3.05. The summed E-state index contributed by atoms with van der Waals surface area (Å²) in [5.41, 5.74) is 3.85. The Morgan fingerprint density at radius 3 is 1.33 bits per heavy atom. The van der Waals surface area contributed by atoms with Gasteiger partial charge in [0.15, 0.2) is 6.29 Å². The van der Waals surface area contributed by atoms with Crippen molar-refractivity contribution in [3.8, 4) is 0 Å². The quantitative estimate of drug-likeness (QED) is 0.220. The smallest absolute Gasteiger partial charge is 0.184 e. The molecule has 1 aliphatic heterocycles. The molecule has 0 amide bonds. The van der Waals surface area contributed by atoms with E-state index in [4.69, 9.17) is 23.7 Å². The van der Waals surface area contributed by atoms with Crippen LogP contribution in [0.2, 0.25) is 0 Å². The van der Waals surface area contributed by atoms with E-state index in [1.165, 1.54) is 0 Å². The molecule has 2 N–H and O–H groups in total. The number of hydrogen-bond donors (Lipinski definition) is 2. The molecule has 0 aliphatic carbocycles. The molecule has 0 bridgehead atoms.